The van der Waals surface area contributed by atoms with Gasteiger partial charge in [0.25, 0.3) is 0 Å². The molecular formula is C15H21N3O4. The fraction of sp³-hybridized carbons (Fsp3) is 0.467. The maximum absolute atomic E-state index is 11.8. The van der Waals surface area contributed by atoms with Gasteiger partial charge in [-0.2, -0.15) is 0 Å². The Kier molecular flexibility index (Phi) is 6.17. The van der Waals surface area contributed by atoms with Crippen molar-refractivity contribution in [1.82, 2.24) is 15.2 Å². The molecule has 1 amide bonds. The van der Waals surface area contributed by atoms with E-state index in [1.165, 1.54) is 4.57 Å². The van der Waals surface area contributed by atoms with Crippen LogP contribution in [0.2, 0.25) is 0 Å². The van der Waals surface area contributed by atoms with Crippen LogP contribution in [0.4, 0.5) is 0 Å². The van der Waals surface area contributed by atoms with Crippen LogP contribution < -0.4 is 16.4 Å². The molecular weight excluding hydrogens is 286 g/mol. The van der Waals surface area contributed by atoms with Gasteiger partial charge in [0.2, 0.25) is 5.91 Å². The van der Waals surface area contributed by atoms with Crippen LogP contribution >= 0.6 is 0 Å². The van der Waals surface area contributed by atoms with Gasteiger partial charge in [0.05, 0.1) is 12.1 Å². The lowest BCUT2D eigenvalue weighted by molar-refractivity contribution is -0.121. The first-order chi connectivity index (χ1) is 10.7. The van der Waals surface area contributed by atoms with Crippen molar-refractivity contribution in [1.29, 1.82) is 0 Å². The van der Waals surface area contributed by atoms with E-state index in [4.69, 9.17) is 9.15 Å². The lowest BCUT2D eigenvalue weighted by atomic mass is 10.3. The number of nitrogens with zero attached hydrogens (tertiary/aromatic N) is 1. The zero-order valence-electron chi connectivity index (χ0n) is 12.6. The van der Waals surface area contributed by atoms with Gasteiger partial charge in [0, 0.05) is 39.7 Å². The number of nitrogens with one attached hydrogen (secondary N) is 2. The predicted octanol–water partition coefficient (Wildman–Crippen LogP) is 0.337. The van der Waals surface area contributed by atoms with Gasteiger partial charge in [-0.05, 0) is 12.1 Å². The SMILES string of the molecule is COCCNCCNC(=O)CCn1c(=O)oc2ccccc21. The van der Waals surface area contributed by atoms with E-state index in [1.54, 1.807) is 25.3 Å². The standard InChI is InChI=1S/C15H21N3O4/c1-21-11-9-16-7-8-17-14(19)6-10-18-12-4-2-3-5-13(12)22-15(18)20/h2-5,16H,6-11H2,1H3,(H,17,19). The molecule has 120 valence electrons. The van der Waals surface area contributed by atoms with Crippen LogP contribution in [0.25, 0.3) is 11.1 Å². The van der Waals surface area contributed by atoms with Crippen LogP contribution in [-0.2, 0) is 16.1 Å². The smallest absolute Gasteiger partial charge is 0.408 e. The van der Waals surface area contributed by atoms with Crippen LogP contribution in [0, 0.1) is 0 Å². The fourth-order valence-corrected chi connectivity index (χ4v) is 2.12. The molecule has 0 saturated heterocycles. The first-order valence-electron chi connectivity index (χ1n) is 7.27. The molecule has 0 radical (unpaired) electrons. The first kappa shape index (κ1) is 16.3. The number of oxazole rings is 1. The highest BCUT2D eigenvalue weighted by Gasteiger charge is 2.09. The monoisotopic (exact) mass is 307 g/mol. The number of rotatable bonds is 9. The molecule has 22 heavy (non-hydrogen) atoms. The average molecular weight is 307 g/mol. The zero-order valence-corrected chi connectivity index (χ0v) is 12.6. The van der Waals surface area contributed by atoms with Gasteiger partial charge in [-0.3, -0.25) is 9.36 Å². The number of carbonyl (C=O) groups excluding carboxylic acids is 1. The molecule has 7 nitrogen and oxygen atoms in total. The second kappa shape index (κ2) is 8.35. The van der Waals surface area contributed by atoms with Crippen LogP contribution in [-0.4, -0.2) is 43.8 Å². The second-order valence-corrected chi connectivity index (χ2v) is 4.83. The van der Waals surface area contributed by atoms with Crippen molar-refractivity contribution in [3.8, 4) is 0 Å². The maximum Gasteiger partial charge on any atom is 0.419 e. The van der Waals surface area contributed by atoms with Crippen LogP contribution in [0.1, 0.15) is 6.42 Å². The van der Waals surface area contributed by atoms with E-state index in [1.807, 2.05) is 6.07 Å². The molecule has 0 aliphatic carbocycles. The van der Waals surface area contributed by atoms with Crippen LogP contribution in [0.3, 0.4) is 0 Å². The average Bonchev–Trinajstić information content (AvgIpc) is 2.84. The number of methoxy groups -OCH3 is 1. The Morgan fingerprint density at radius 3 is 2.91 bits per heavy atom. The number of aromatic nitrogens is 1. The van der Waals surface area contributed by atoms with Gasteiger partial charge in [0.15, 0.2) is 5.58 Å². The zero-order chi connectivity index (χ0) is 15.8. The molecule has 1 aromatic heterocycles. The number of carbonyl (C=O) groups is 1. The molecule has 0 aliphatic rings. The van der Waals surface area contributed by atoms with E-state index in [-0.39, 0.29) is 12.3 Å². The summed E-state index contributed by atoms with van der Waals surface area (Å²) in [5.74, 6) is -0.527. The molecule has 0 saturated carbocycles. The Morgan fingerprint density at radius 1 is 1.27 bits per heavy atom. The lowest BCUT2D eigenvalue weighted by Crippen LogP contribution is -2.33. The summed E-state index contributed by atoms with van der Waals surface area (Å²) in [6.45, 7) is 2.93. The van der Waals surface area contributed by atoms with E-state index < -0.39 is 5.76 Å². The Balaban J connectivity index is 1.76. The van der Waals surface area contributed by atoms with Gasteiger partial charge in [-0.1, -0.05) is 12.1 Å². The maximum atomic E-state index is 11.8. The Labute approximate surface area is 128 Å². The minimum absolute atomic E-state index is 0.0919. The normalized spacial score (nSPS) is 11.0. The summed E-state index contributed by atoms with van der Waals surface area (Å²) in [5, 5.41) is 5.94. The summed E-state index contributed by atoms with van der Waals surface area (Å²) in [7, 11) is 1.64. The van der Waals surface area contributed by atoms with Crippen LogP contribution in [0.5, 0.6) is 0 Å². The van der Waals surface area contributed by atoms with Gasteiger partial charge < -0.3 is 19.8 Å². The molecule has 2 aromatic rings. The van der Waals surface area contributed by atoms with Crippen molar-refractivity contribution in [2.75, 3.05) is 33.4 Å². The van der Waals surface area contributed by atoms with Gasteiger partial charge in [-0.25, -0.2) is 4.79 Å². The molecule has 1 aromatic carbocycles. The summed E-state index contributed by atoms with van der Waals surface area (Å²) in [4.78, 5) is 23.5. The summed E-state index contributed by atoms with van der Waals surface area (Å²) in [6, 6.07) is 7.18. The Bertz CT molecular complexity index is 662. The number of fused-ring (bicyclic) bond motifs is 1. The number of benzene rings is 1. The summed E-state index contributed by atoms with van der Waals surface area (Å²) >= 11 is 0. The third-order valence-electron chi connectivity index (χ3n) is 3.24. The number of hydrogen-bond donors (Lipinski definition) is 2. The summed E-state index contributed by atoms with van der Waals surface area (Å²) in [6.07, 6.45) is 0.238. The Morgan fingerprint density at radius 2 is 2.09 bits per heavy atom. The first-order valence-corrected chi connectivity index (χ1v) is 7.27. The van der Waals surface area contributed by atoms with Crippen molar-refractivity contribution in [3.05, 3.63) is 34.8 Å². The fourth-order valence-electron chi connectivity index (χ4n) is 2.12. The number of ether oxygens (including phenoxy) is 1. The van der Waals surface area contributed by atoms with Crippen molar-refractivity contribution in [3.63, 3.8) is 0 Å². The minimum Gasteiger partial charge on any atom is -0.408 e. The number of aryl methyl sites for hydroxylation is 1. The molecule has 0 atom stereocenters. The Hall–Kier alpha value is -2.12. The predicted molar refractivity (Wildman–Crippen MR) is 82.8 cm³/mol. The lowest BCUT2D eigenvalue weighted by Gasteiger charge is -2.07. The van der Waals surface area contributed by atoms with E-state index in [0.717, 1.165) is 6.54 Å². The van der Waals surface area contributed by atoms with E-state index >= 15 is 0 Å². The van der Waals surface area contributed by atoms with Gasteiger partial charge in [0.1, 0.15) is 0 Å². The third kappa shape index (κ3) is 4.44. The minimum atomic E-state index is -0.435. The van der Waals surface area contributed by atoms with Crippen molar-refractivity contribution in [2.45, 2.75) is 13.0 Å². The van der Waals surface area contributed by atoms with E-state index in [0.29, 0.717) is 37.3 Å². The van der Waals surface area contributed by atoms with E-state index in [2.05, 4.69) is 10.6 Å². The van der Waals surface area contributed by atoms with Crippen molar-refractivity contribution in [2.24, 2.45) is 0 Å². The summed E-state index contributed by atoms with van der Waals surface area (Å²) < 4.78 is 11.5. The third-order valence-corrected chi connectivity index (χ3v) is 3.24. The molecule has 0 spiro atoms. The topological polar surface area (TPSA) is 85.5 Å². The molecule has 0 aliphatic heterocycles. The van der Waals surface area contributed by atoms with Gasteiger partial charge in [-0.15, -0.1) is 0 Å². The molecule has 0 bridgehead atoms. The second-order valence-electron chi connectivity index (χ2n) is 4.83. The number of hydrogen-bond acceptors (Lipinski definition) is 5. The largest absolute Gasteiger partial charge is 0.419 e. The molecule has 2 N–H and O–H groups in total. The molecule has 7 heteroatoms. The highest BCUT2D eigenvalue weighted by molar-refractivity contribution is 5.76. The van der Waals surface area contributed by atoms with Crippen molar-refractivity contribution < 1.29 is 13.9 Å². The number of para-hydroxylation sites is 2. The quantitative estimate of drug-likeness (QED) is 0.652. The summed E-state index contributed by atoms with van der Waals surface area (Å²) in [5.41, 5.74) is 1.25. The van der Waals surface area contributed by atoms with Crippen molar-refractivity contribution >= 4 is 17.0 Å². The highest BCUT2D eigenvalue weighted by atomic mass is 16.5. The molecule has 1 heterocycles. The van der Waals surface area contributed by atoms with Gasteiger partial charge >= 0.3 is 5.76 Å². The van der Waals surface area contributed by atoms with Crippen LogP contribution in [0.15, 0.2) is 33.5 Å². The van der Waals surface area contributed by atoms with E-state index in [9.17, 15) is 9.59 Å². The molecule has 2 rings (SSSR count). The number of amides is 1. The highest BCUT2D eigenvalue weighted by Crippen LogP contribution is 2.11. The molecule has 0 fully saturated rings. The molecule has 0 unspecified atom stereocenters.